The summed E-state index contributed by atoms with van der Waals surface area (Å²) >= 11 is 0. The van der Waals surface area contributed by atoms with Crippen LogP contribution in [0.15, 0.2) is 30.6 Å². The van der Waals surface area contributed by atoms with Gasteiger partial charge >= 0.3 is 0 Å². The molecule has 2 aromatic rings. The van der Waals surface area contributed by atoms with Crippen LogP contribution in [0, 0.1) is 5.92 Å². The second-order valence-electron chi connectivity index (χ2n) is 5.30. The summed E-state index contributed by atoms with van der Waals surface area (Å²) in [5.41, 5.74) is 2.09. The molecule has 0 saturated heterocycles. The molecule has 5 nitrogen and oxygen atoms in total. The average Bonchev–Trinajstić information content (AvgIpc) is 3.01. The van der Waals surface area contributed by atoms with E-state index in [0.29, 0.717) is 6.04 Å². The topological polar surface area (TPSA) is 55.6 Å². The Morgan fingerprint density at radius 3 is 2.75 bits per heavy atom. The van der Waals surface area contributed by atoms with E-state index >= 15 is 0 Å². The van der Waals surface area contributed by atoms with Crippen LogP contribution in [0.2, 0.25) is 0 Å². The Bertz CT molecular complexity index is 509. The van der Waals surface area contributed by atoms with Crippen molar-refractivity contribution in [2.75, 3.05) is 5.32 Å². The maximum absolute atomic E-state index is 3.92. The summed E-state index contributed by atoms with van der Waals surface area (Å²) in [6.45, 7) is 6.78. The molecule has 0 radical (unpaired) electrons. The lowest BCUT2D eigenvalue weighted by Crippen LogP contribution is -2.21. The minimum atomic E-state index is 0.508. The van der Waals surface area contributed by atoms with Gasteiger partial charge in [0.1, 0.15) is 6.33 Å². The molecule has 2 unspecified atom stereocenters. The Hall–Kier alpha value is -1.91. The van der Waals surface area contributed by atoms with Gasteiger partial charge in [-0.3, -0.25) is 0 Å². The van der Waals surface area contributed by atoms with Crippen LogP contribution in [0.25, 0.3) is 5.69 Å². The van der Waals surface area contributed by atoms with Gasteiger partial charge < -0.3 is 5.32 Å². The summed E-state index contributed by atoms with van der Waals surface area (Å²) in [4.78, 5) is 0. The van der Waals surface area contributed by atoms with Crippen LogP contribution in [0.3, 0.4) is 0 Å². The van der Waals surface area contributed by atoms with E-state index in [4.69, 9.17) is 0 Å². The minimum absolute atomic E-state index is 0.508. The summed E-state index contributed by atoms with van der Waals surface area (Å²) < 4.78 is 1.67. The van der Waals surface area contributed by atoms with E-state index in [0.717, 1.165) is 23.7 Å². The number of tetrazole rings is 1. The second kappa shape index (κ2) is 7.03. The SMILES string of the molecule is CCC(C)CC(CC)Nc1cccc(-n2cnnn2)c1. The van der Waals surface area contributed by atoms with Gasteiger partial charge in [-0.25, -0.2) is 4.68 Å². The molecule has 0 saturated carbocycles. The molecule has 0 bridgehead atoms. The van der Waals surface area contributed by atoms with Crippen LogP contribution < -0.4 is 5.32 Å². The predicted octanol–water partition coefficient (Wildman–Crippen LogP) is 3.29. The number of hydrogen-bond acceptors (Lipinski definition) is 4. The molecule has 0 fully saturated rings. The number of nitrogens with zero attached hydrogens (tertiary/aromatic N) is 4. The quantitative estimate of drug-likeness (QED) is 0.841. The van der Waals surface area contributed by atoms with E-state index in [1.165, 1.54) is 12.8 Å². The van der Waals surface area contributed by atoms with Crippen LogP contribution in [-0.2, 0) is 0 Å². The standard InChI is InChI=1S/C15H23N5/c1-4-12(3)9-13(5-2)17-14-7-6-8-15(10-14)20-11-16-18-19-20/h6-8,10-13,17H,4-5,9H2,1-3H3. The van der Waals surface area contributed by atoms with Crippen LogP contribution >= 0.6 is 0 Å². The monoisotopic (exact) mass is 273 g/mol. The summed E-state index contributed by atoms with van der Waals surface area (Å²) in [6.07, 6.45) is 5.15. The van der Waals surface area contributed by atoms with Gasteiger partial charge in [-0.1, -0.05) is 33.3 Å². The molecule has 5 heteroatoms. The lowest BCUT2D eigenvalue weighted by Gasteiger charge is -2.21. The van der Waals surface area contributed by atoms with Gasteiger partial charge in [-0.2, -0.15) is 0 Å². The van der Waals surface area contributed by atoms with Crippen molar-refractivity contribution < 1.29 is 0 Å². The first-order valence-electron chi connectivity index (χ1n) is 7.32. The van der Waals surface area contributed by atoms with Gasteiger partial charge in [0.25, 0.3) is 0 Å². The zero-order chi connectivity index (χ0) is 14.4. The van der Waals surface area contributed by atoms with Gasteiger partial charge in [0.15, 0.2) is 0 Å². The first kappa shape index (κ1) is 14.5. The smallest absolute Gasteiger partial charge is 0.143 e. The highest BCUT2D eigenvalue weighted by Crippen LogP contribution is 2.19. The van der Waals surface area contributed by atoms with E-state index in [1.807, 2.05) is 12.1 Å². The highest BCUT2D eigenvalue weighted by atomic mass is 15.5. The first-order chi connectivity index (χ1) is 9.72. The molecule has 2 atom stereocenters. The maximum atomic E-state index is 3.92. The van der Waals surface area contributed by atoms with Crippen molar-refractivity contribution in [1.29, 1.82) is 0 Å². The van der Waals surface area contributed by atoms with Crippen molar-refractivity contribution >= 4 is 5.69 Å². The number of nitrogens with one attached hydrogen (secondary N) is 1. The molecular weight excluding hydrogens is 250 g/mol. The average molecular weight is 273 g/mol. The van der Waals surface area contributed by atoms with Crippen molar-refractivity contribution in [3.8, 4) is 5.69 Å². The van der Waals surface area contributed by atoms with E-state index in [1.54, 1.807) is 11.0 Å². The third-order valence-corrected chi connectivity index (χ3v) is 3.71. The summed E-state index contributed by atoms with van der Waals surface area (Å²) in [7, 11) is 0. The van der Waals surface area contributed by atoms with Crippen LogP contribution in [-0.4, -0.2) is 26.2 Å². The summed E-state index contributed by atoms with van der Waals surface area (Å²) in [6, 6.07) is 8.70. The Balaban J connectivity index is 2.07. The zero-order valence-corrected chi connectivity index (χ0v) is 12.5. The van der Waals surface area contributed by atoms with E-state index in [2.05, 4.69) is 53.7 Å². The summed E-state index contributed by atoms with van der Waals surface area (Å²) in [5.74, 6) is 0.746. The van der Waals surface area contributed by atoms with Crippen molar-refractivity contribution in [3.05, 3.63) is 30.6 Å². The fraction of sp³-hybridized carbons (Fsp3) is 0.533. The first-order valence-corrected chi connectivity index (χ1v) is 7.32. The Labute approximate surface area is 120 Å². The Morgan fingerprint density at radius 1 is 1.25 bits per heavy atom. The van der Waals surface area contributed by atoms with Crippen LogP contribution in [0.1, 0.15) is 40.0 Å². The van der Waals surface area contributed by atoms with E-state index in [-0.39, 0.29) is 0 Å². The molecule has 0 spiro atoms. The number of rotatable bonds is 7. The van der Waals surface area contributed by atoms with Crippen molar-refractivity contribution in [2.24, 2.45) is 5.92 Å². The molecule has 20 heavy (non-hydrogen) atoms. The molecule has 0 amide bonds. The van der Waals surface area contributed by atoms with Gasteiger partial charge in [-0.05, 0) is 47.4 Å². The normalized spacial score (nSPS) is 13.9. The molecule has 108 valence electrons. The van der Waals surface area contributed by atoms with Gasteiger partial charge in [0, 0.05) is 11.7 Å². The Morgan fingerprint density at radius 2 is 2.10 bits per heavy atom. The number of hydrogen-bond donors (Lipinski definition) is 1. The molecule has 1 aromatic carbocycles. The third-order valence-electron chi connectivity index (χ3n) is 3.71. The van der Waals surface area contributed by atoms with Gasteiger partial charge in [-0.15, -0.1) is 5.10 Å². The van der Waals surface area contributed by atoms with Crippen molar-refractivity contribution in [3.63, 3.8) is 0 Å². The molecule has 1 N–H and O–H groups in total. The molecular formula is C15H23N5. The molecule has 0 aliphatic carbocycles. The van der Waals surface area contributed by atoms with Crippen molar-refractivity contribution in [2.45, 2.75) is 46.1 Å². The lowest BCUT2D eigenvalue weighted by molar-refractivity contribution is 0.462. The van der Waals surface area contributed by atoms with E-state index in [9.17, 15) is 0 Å². The molecule has 2 rings (SSSR count). The number of benzene rings is 1. The molecule has 1 aromatic heterocycles. The van der Waals surface area contributed by atoms with Gasteiger partial charge in [0.2, 0.25) is 0 Å². The minimum Gasteiger partial charge on any atom is -0.382 e. The highest BCUT2D eigenvalue weighted by molar-refractivity contribution is 5.51. The fourth-order valence-electron chi connectivity index (χ4n) is 2.23. The van der Waals surface area contributed by atoms with E-state index < -0.39 is 0 Å². The summed E-state index contributed by atoms with van der Waals surface area (Å²) in [5, 5.41) is 14.9. The van der Waals surface area contributed by atoms with Crippen LogP contribution in [0.4, 0.5) is 5.69 Å². The lowest BCUT2D eigenvalue weighted by atomic mass is 9.97. The fourth-order valence-corrected chi connectivity index (χ4v) is 2.23. The van der Waals surface area contributed by atoms with Crippen LogP contribution in [0.5, 0.6) is 0 Å². The molecule has 0 aliphatic heterocycles. The predicted molar refractivity (Wildman–Crippen MR) is 80.9 cm³/mol. The second-order valence-corrected chi connectivity index (χ2v) is 5.30. The zero-order valence-electron chi connectivity index (χ0n) is 12.5. The number of aromatic nitrogens is 4. The number of anilines is 1. The largest absolute Gasteiger partial charge is 0.382 e. The van der Waals surface area contributed by atoms with Gasteiger partial charge in [0.05, 0.1) is 5.69 Å². The Kier molecular flexibility index (Phi) is 5.09. The molecule has 0 aliphatic rings. The third kappa shape index (κ3) is 3.79. The maximum Gasteiger partial charge on any atom is 0.143 e. The highest BCUT2D eigenvalue weighted by Gasteiger charge is 2.10. The van der Waals surface area contributed by atoms with Crippen molar-refractivity contribution in [1.82, 2.24) is 20.2 Å². The molecule has 1 heterocycles.